The van der Waals surface area contributed by atoms with Gasteiger partial charge in [0.2, 0.25) is 5.91 Å². The minimum atomic E-state index is -0.358. The van der Waals surface area contributed by atoms with Crippen LogP contribution in [-0.2, 0) is 4.79 Å². The Balaban J connectivity index is 1.73. The second-order valence-corrected chi connectivity index (χ2v) is 6.04. The molecule has 23 heavy (non-hydrogen) atoms. The van der Waals surface area contributed by atoms with Gasteiger partial charge in [-0.2, -0.15) is 5.10 Å². The molecule has 1 aromatic carbocycles. The van der Waals surface area contributed by atoms with Gasteiger partial charge in [-0.15, -0.1) is 0 Å². The van der Waals surface area contributed by atoms with Gasteiger partial charge in [0, 0.05) is 18.4 Å². The van der Waals surface area contributed by atoms with Crippen LogP contribution in [0.2, 0.25) is 0 Å². The van der Waals surface area contributed by atoms with E-state index in [1.165, 1.54) is 0 Å². The van der Waals surface area contributed by atoms with Gasteiger partial charge in [0.15, 0.2) is 0 Å². The Morgan fingerprint density at radius 2 is 2.00 bits per heavy atom. The molecule has 0 saturated carbocycles. The molecule has 4 rings (SSSR count). The zero-order valence-corrected chi connectivity index (χ0v) is 12.8. The number of hydrogen-bond donors (Lipinski definition) is 2. The lowest BCUT2D eigenvalue weighted by Crippen LogP contribution is -2.49. The highest BCUT2D eigenvalue weighted by Gasteiger charge is 2.26. The summed E-state index contributed by atoms with van der Waals surface area (Å²) in [6, 6.07) is 5.93. The molecule has 0 aliphatic carbocycles. The number of aromatic nitrogens is 2. The van der Waals surface area contributed by atoms with Gasteiger partial charge in [-0.1, -0.05) is 6.07 Å². The molecule has 1 aromatic heterocycles. The van der Waals surface area contributed by atoms with E-state index in [9.17, 15) is 9.59 Å². The number of fused-ring (bicyclic) bond motifs is 1. The molecule has 7 heteroatoms. The Bertz CT molecular complexity index is 763. The Labute approximate surface area is 133 Å². The molecular weight excluding hydrogens is 294 g/mol. The van der Waals surface area contributed by atoms with Crippen LogP contribution in [0, 0.1) is 0 Å². The lowest BCUT2D eigenvalue weighted by Gasteiger charge is -2.27. The van der Waals surface area contributed by atoms with E-state index >= 15 is 0 Å². The summed E-state index contributed by atoms with van der Waals surface area (Å²) in [5.74, 6) is -0.219. The molecule has 0 radical (unpaired) electrons. The van der Waals surface area contributed by atoms with Gasteiger partial charge in [0.25, 0.3) is 0 Å². The maximum Gasteiger partial charge on any atom is 0.328 e. The van der Waals surface area contributed by atoms with Crippen LogP contribution in [0.1, 0.15) is 25.3 Å². The van der Waals surface area contributed by atoms with Crippen molar-refractivity contribution in [3.8, 4) is 0 Å². The Hall–Kier alpha value is -2.41. The Morgan fingerprint density at radius 3 is 2.78 bits per heavy atom. The molecular formula is C16H19N5O2. The summed E-state index contributed by atoms with van der Waals surface area (Å²) in [7, 11) is 0. The van der Waals surface area contributed by atoms with Gasteiger partial charge < -0.3 is 5.32 Å². The van der Waals surface area contributed by atoms with E-state index in [0.717, 1.165) is 42.5 Å². The summed E-state index contributed by atoms with van der Waals surface area (Å²) in [5, 5.41) is 11.3. The molecule has 2 N–H and O–H groups in total. The largest absolute Gasteiger partial charge is 0.328 e. The van der Waals surface area contributed by atoms with Crippen molar-refractivity contribution in [1.29, 1.82) is 0 Å². The van der Waals surface area contributed by atoms with Crippen LogP contribution in [0.5, 0.6) is 0 Å². The molecule has 0 unspecified atom stereocenters. The van der Waals surface area contributed by atoms with Crippen molar-refractivity contribution in [1.82, 2.24) is 20.4 Å². The molecule has 0 bridgehead atoms. The fourth-order valence-corrected chi connectivity index (χ4v) is 3.43. The highest BCUT2D eigenvalue weighted by molar-refractivity contribution is 6.09. The third-order valence-electron chi connectivity index (χ3n) is 4.62. The highest BCUT2D eigenvalue weighted by Crippen LogP contribution is 2.31. The van der Waals surface area contributed by atoms with Gasteiger partial charge in [-0.05, 0) is 38.1 Å². The SMILES string of the molecule is O=C1CCN(c2cccc3c2cnn3C2CCNCC2)C(=O)N1. The van der Waals surface area contributed by atoms with Gasteiger partial charge in [-0.25, -0.2) is 4.79 Å². The number of rotatable bonds is 2. The number of nitrogens with one attached hydrogen (secondary N) is 2. The standard InChI is InChI=1S/C16H19N5O2/c22-15-6-9-20(16(23)19-15)13-2-1-3-14-12(13)10-18-21(14)11-4-7-17-8-5-11/h1-3,10-11,17H,4-9H2,(H,19,22,23). The molecule has 2 aromatic rings. The number of nitrogens with zero attached hydrogens (tertiary/aromatic N) is 3. The summed E-state index contributed by atoms with van der Waals surface area (Å²) >= 11 is 0. The van der Waals surface area contributed by atoms with Crippen LogP contribution in [0.4, 0.5) is 10.5 Å². The van der Waals surface area contributed by atoms with E-state index in [1.807, 2.05) is 24.4 Å². The van der Waals surface area contributed by atoms with Crippen LogP contribution in [0.15, 0.2) is 24.4 Å². The molecule has 2 saturated heterocycles. The van der Waals surface area contributed by atoms with Crippen molar-refractivity contribution >= 4 is 28.5 Å². The van der Waals surface area contributed by atoms with Crippen LogP contribution < -0.4 is 15.5 Å². The highest BCUT2D eigenvalue weighted by atomic mass is 16.2. The average molecular weight is 313 g/mol. The first kappa shape index (κ1) is 14.2. The molecule has 2 fully saturated rings. The lowest BCUT2D eigenvalue weighted by atomic mass is 10.1. The first-order valence-electron chi connectivity index (χ1n) is 8.02. The normalized spacial score (nSPS) is 20.1. The number of amides is 3. The van der Waals surface area contributed by atoms with E-state index in [4.69, 9.17) is 0 Å². The zero-order chi connectivity index (χ0) is 15.8. The quantitative estimate of drug-likeness (QED) is 0.878. The van der Waals surface area contributed by atoms with Crippen LogP contribution in [0.25, 0.3) is 10.9 Å². The Kier molecular flexibility index (Phi) is 3.49. The predicted octanol–water partition coefficient (Wildman–Crippen LogP) is 1.41. The number of benzene rings is 1. The van der Waals surface area contributed by atoms with Crippen LogP contribution in [-0.4, -0.2) is 41.4 Å². The monoisotopic (exact) mass is 313 g/mol. The number of anilines is 1. The van der Waals surface area contributed by atoms with E-state index < -0.39 is 0 Å². The molecule has 0 spiro atoms. The molecule has 3 amide bonds. The summed E-state index contributed by atoms with van der Waals surface area (Å²) in [4.78, 5) is 25.1. The zero-order valence-electron chi connectivity index (χ0n) is 12.8. The van der Waals surface area contributed by atoms with Gasteiger partial charge in [0.05, 0.1) is 23.4 Å². The predicted molar refractivity (Wildman–Crippen MR) is 86.4 cm³/mol. The van der Waals surface area contributed by atoms with Crippen molar-refractivity contribution < 1.29 is 9.59 Å². The molecule has 2 aliphatic rings. The summed E-state index contributed by atoms with van der Waals surface area (Å²) < 4.78 is 2.08. The van der Waals surface area contributed by atoms with Crippen LogP contribution in [0.3, 0.4) is 0 Å². The molecule has 7 nitrogen and oxygen atoms in total. The number of imide groups is 1. The molecule has 3 heterocycles. The van der Waals surface area contributed by atoms with Crippen molar-refractivity contribution in [2.45, 2.75) is 25.3 Å². The van der Waals surface area contributed by atoms with Gasteiger partial charge in [-0.3, -0.25) is 19.7 Å². The van der Waals surface area contributed by atoms with E-state index in [2.05, 4.69) is 20.4 Å². The molecule has 120 valence electrons. The number of hydrogen-bond acceptors (Lipinski definition) is 4. The van der Waals surface area contributed by atoms with E-state index in [1.54, 1.807) is 4.90 Å². The topological polar surface area (TPSA) is 79.3 Å². The third kappa shape index (κ3) is 2.46. The minimum Gasteiger partial charge on any atom is -0.317 e. The second-order valence-electron chi connectivity index (χ2n) is 6.04. The Morgan fingerprint density at radius 1 is 1.17 bits per heavy atom. The average Bonchev–Trinajstić information content (AvgIpc) is 3.00. The maximum atomic E-state index is 12.1. The van der Waals surface area contributed by atoms with Crippen molar-refractivity contribution in [3.63, 3.8) is 0 Å². The smallest absolute Gasteiger partial charge is 0.317 e. The number of carbonyl (C=O) groups excluding carboxylic acids is 2. The number of urea groups is 1. The summed E-state index contributed by atoms with van der Waals surface area (Å²) in [6.07, 6.45) is 4.26. The van der Waals surface area contributed by atoms with Crippen LogP contribution >= 0.6 is 0 Å². The minimum absolute atomic E-state index is 0.219. The van der Waals surface area contributed by atoms with Crippen molar-refractivity contribution in [2.24, 2.45) is 0 Å². The molecule has 2 aliphatic heterocycles. The number of piperidine rings is 1. The van der Waals surface area contributed by atoms with E-state index in [-0.39, 0.29) is 11.9 Å². The number of carbonyl (C=O) groups is 2. The third-order valence-corrected chi connectivity index (χ3v) is 4.62. The fraction of sp³-hybridized carbons (Fsp3) is 0.438. The second kappa shape index (κ2) is 5.66. The summed E-state index contributed by atoms with van der Waals surface area (Å²) in [6.45, 7) is 2.41. The first-order valence-corrected chi connectivity index (χ1v) is 8.02. The maximum absolute atomic E-state index is 12.1. The summed E-state index contributed by atoms with van der Waals surface area (Å²) in [5.41, 5.74) is 1.85. The van der Waals surface area contributed by atoms with Gasteiger partial charge in [0.1, 0.15) is 0 Å². The lowest BCUT2D eigenvalue weighted by molar-refractivity contribution is -0.120. The first-order chi connectivity index (χ1) is 11.2. The van der Waals surface area contributed by atoms with Crippen molar-refractivity contribution in [3.05, 3.63) is 24.4 Å². The van der Waals surface area contributed by atoms with Gasteiger partial charge >= 0.3 is 6.03 Å². The van der Waals surface area contributed by atoms with Crippen molar-refractivity contribution in [2.75, 3.05) is 24.5 Å². The fourth-order valence-electron chi connectivity index (χ4n) is 3.43. The van der Waals surface area contributed by atoms with E-state index in [0.29, 0.717) is 19.0 Å². The molecule has 0 atom stereocenters.